The standard InChI is InChI=1S/C22H28N2O4/c1-21(2,3)28-20(27)23-13-22(14-23)10-16(11-22)24-18(12-25)17(9-19(24)26)15-7-5-4-6-8-15/h4-9,16,18,25H,10-14H2,1-3H3. The fraction of sp³-hybridized carbons (Fsp3) is 0.545. The lowest BCUT2D eigenvalue weighted by Crippen LogP contribution is -2.68. The maximum absolute atomic E-state index is 12.7. The van der Waals surface area contributed by atoms with Crippen LogP contribution >= 0.6 is 0 Å². The molecule has 1 N–H and O–H groups in total. The number of hydrogen-bond acceptors (Lipinski definition) is 4. The van der Waals surface area contributed by atoms with Crippen LogP contribution in [0.1, 0.15) is 39.2 Å². The topological polar surface area (TPSA) is 70.1 Å². The van der Waals surface area contributed by atoms with Crippen LogP contribution in [0.3, 0.4) is 0 Å². The number of aliphatic hydroxyl groups excluding tert-OH is 1. The lowest BCUT2D eigenvalue weighted by atomic mass is 9.60. The summed E-state index contributed by atoms with van der Waals surface area (Å²) in [5.41, 5.74) is 1.47. The molecule has 1 aromatic rings. The molecule has 6 heteroatoms. The van der Waals surface area contributed by atoms with Gasteiger partial charge in [-0.15, -0.1) is 0 Å². The van der Waals surface area contributed by atoms with E-state index in [0.717, 1.165) is 24.0 Å². The van der Waals surface area contributed by atoms with Gasteiger partial charge in [0.2, 0.25) is 5.91 Å². The second kappa shape index (κ2) is 6.62. The maximum Gasteiger partial charge on any atom is 0.410 e. The van der Waals surface area contributed by atoms with E-state index in [1.165, 1.54) is 0 Å². The van der Waals surface area contributed by atoms with Crippen molar-refractivity contribution in [2.24, 2.45) is 5.41 Å². The third-order valence-electron chi connectivity index (χ3n) is 5.94. The van der Waals surface area contributed by atoms with E-state index in [2.05, 4.69) is 0 Å². The molecule has 1 spiro atoms. The number of carbonyl (C=O) groups is 2. The molecule has 2 amide bonds. The molecule has 1 unspecified atom stereocenters. The van der Waals surface area contributed by atoms with Gasteiger partial charge >= 0.3 is 6.09 Å². The molecule has 0 radical (unpaired) electrons. The van der Waals surface area contributed by atoms with Crippen LogP contribution in [0.4, 0.5) is 4.79 Å². The van der Waals surface area contributed by atoms with Crippen molar-refractivity contribution in [3.8, 4) is 0 Å². The highest BCUT2D eigenvalue weighted by Crippen LogP contribution is 2.52. The summed E-state index contributed by atoms with van der Waals surface area (Å²) < 4.78 is 5.43. The van der Waals surface area contributed by atoms with Crippen molar-refractivity contribution in [2.45, 2.75) is 51.3 Å². The van der Waals surface area contributed by atoms with E-state index in [0.29, 0.717) is 13.1 Å². The predicted octanol–water partition coefficient (Wildman–Crippen LogP) is 2.67. The molecular formula is C22H28N2O4. The summed E-state index contributed by atoms with van der Waals surface area (Å²) in [6, 6.07) is 9.58. The minimum absolute atomic E-state index is 0.0268. The molecule has 150 valence electrons. The van der Waals surface area contributed by atoms with Crippen molar-refractivity contribution in [3.05, 3.63) is 42.0 Å². The van der Waals surface area contributed by atoms with Crippen molar-refractivity contribution in [1.29, 1.82) is 0 Å². The first kappa shape index (κ1) is 19.0. The van der Waals surface area contributed by atoms with Crippen molar-refractivity contribution in [1.82, 2.24) is 9.80 Å². The van der Waals surface area contributed by atoms with Gasteiger partial charge in [-0.25, -0.2) is 4.79 Å². The van der Waals surface area contributed by atoms with E-state index in [1.54, 1.807) is 11.0 Å². The third kappa shape index (κ3) is 3.30. The largest absolute Gasteiger partial charge is 0.444 e. The van der Waals surface area contributed by atoms with Gasteiger partial charge in [0.25, 0.3) is 0 Å². The van der Waals surface area contributed by atoms with Gasteiger partial charge in [0.15, 0.2) is 0 Å². The summed E-state index contributed by atoms with van der Waals surface area (Å²) in [7, 11) is 0. The lowest BCUT2D eigenvalue weighted by Gasteiger charge is -2.60. The fourth-order valence-corrected chi connectivity index (χ4v) is 4.75. The third-order valence-corrected chi connectivity index (χ3v) is 5.94. The molecule has 2 aliphatic heterocycles. The van der Waals surface area contributed by atoms with Gasteiger partial charge in [0, 0.05) is 30.6 Å². The fourth-order valence-electron chi connectivity index (χ4n) is 4.75. The van der Waals surface area contributed by atoms with Crippen LogP contribution in [0, 0.1) is 5.41 Å². The first-order valence-corrected chi connectivity index (χ1v) is 9.89. The van der Waals surface area contributed by atoms with E-state index < -0.39 is 5.60 Å². The van der Waals surface area contributed by atoms with Gasteiger partial charge < -0.3 is 19.6 Å². The molecule has 3 aliphatic rings. The Morgan fingerprint density at radius 1 is 1.21 bits per heavy atom. The first-order chi connectivity index (χ1) is 13.2. The van der Waals surface area contributed by atoms with E-state index in [1.807, 2.05) is 56.0 Å². The van der Waals surface area contributed by atoms with Crippen LogP contribution < -0.4 is 0 Å². The highest BCUT2D eigenvalue weighted by atomic mass is 16.6. The number of nitrogens with zero attached hydrogens (tertiary/aromatic N) is 2. The lowest BCUT2D eigenvalue weighted by molar-refractivity contribution is -0.145. The van der Waals surface area contributed by atoms with E-state index in [9.17, 15) is 14.7 Å². The molecule has 1 aromatic carbocycles. The van der Waals surface area contributed by atoms with Crippen LogP contribution in [0.2, 0.25) is 0 Å². The number of aliphatic hydroxyl groups is 1. The quantitative estimate of drug-likeness (QED) is 0.870. The average molecular weight is 384 g/mol. The zero-order valence-electron chi connectivity index (χ0n) is 16.7. The molecule has 28 heavy (non-hydrogen) atoms. The zero-order valence-corrected chi connectivity index (χ0v) is 16.7. The molecule has 2 heterocycles. The summed E-state index contributed by atoms with van der Waals surface area (Å²) in [5.74, 6) is -0.0268. The second-order valence-electron chi connectivity index (χ2n) is 9.31. The van der Waals surface area contributed by atoms with Gasteiger partial charge in [0.1, 0.15) is 5.60 Å². The monoisotopic (exact) mass is 384 g/mol. The summed E-state index contributed by atoms with van der Waals surface area (Å²) in [5, 5.41) is 9.97. The van der Waals surface area contributed by atoms with Gasteiger partial charge in [-0.2, -0.15) is 0 Å². The van der Waals surface area contributed by atoms with Crippen molar-refractivity contribution in [3.63, 3.8) is 0 Å². The van der Waals surface area contributed by atoms with Crippen LogP contribution in [-0.2, 0) is 9.53 Å². The van der Waals surface area contributed by atoms with Crippen molar-refractivity contribution >= 4 is 17.6 Å². The summed E-state index contributed by atoms with van der Waals surface area (Å²) in [6.45, 7) is 6.88. The Labute approximate surface area is 165 Å². The Hall–Kier alpha value is -2.34. The molecular weight excluding hydrogens is 356 g/mol. The Balaban J connectivity index is 1.37. The van der Waals surface area contributed by atoms with E-state index in [-0.39, 0.29) is 36.1 Å². The van der Waals surface area contributed by atoms with E-state index >= 15 is 0 Å². The van der Waals surface area contributed by atoms with Crippen LogP contribution in [0.15, 0.2) is 36.4 Å². The number of hydrogen-bond donors (Lipinski definition) is 1. The van der Waals surface area contributed by atoms with Gasteiger partial charge in [0.05, 0.1) is 12.6 Å². The van der Waals surface area contributed by atoms with Crippen LogP contribution in [0.25, 0.3) is 5.57 Å². The highest BCUT2D eigenvalue weighted by molar-refractivity contribution is 6.02. The smallest absolute Gasteiger partial charge is 0.410 e. The normalized spacial score (nSPS) is 24.1. The summed E-state index contributed by atoms with van der Waals surface area (Å²) >= 11 is 0. The number of ether oxygens (including phenoxy) is 1. The molecule has 0 bridgehead atoms. The zero-order chi connectivity index (χ0) is 20.1. The second-order valence-corrected chi connectivity index (χ2v) is 9.31. The Kier molecular flexibility index (Phi) is 4.49. The number of amides is 2. The minimum Gasteiger partial charge on any atom is -0.444 e. The number of carbonyl (C=O) groups excluding carboxylic acids is 2. The maximum atomic E-state index is 12.7. The molecule has 1 saturated heterocycles. The first-order valence-electron chi connectivity index (χ1n) is 9.89. The Morgan fingerprint density at radius 2 is 1.86 bits per heavy atom. The predicted molar refractivity (Wildman–Crippen MR) is 105 cm³/mol. The van der Waals surface area contributed by atoms with Gasteiger partial charge in [-0.3, -0.25) is 4.79 Å². The van der Waals surface area contributed by atoms with Crippen LogP contribution in [-0.4, -0.2) is 64.3 Å². The molecule has 1 aliphatic carbocycles. The van der Waals surface area contributed by atoms with Crippen molar-refractivity contribution < 1.29 is 19.4 Å². The minimum atomic E-state index is -0.488. The van der Waals surface area contributed by atoms with Crippen LogP contribution in [0.5, 0.6) is 0 Å². The summed E-state index contributed by atoms with van der Waals surface area (Å²) in [6.07, 6.45) is 3.13. The molecule has 2 fully saturated rings. The highest BCUT2D eigenvalue weighted by Gasteiger charge is 2.57. The summed E-state index contributed by atoms with van der Waals surface area (Å²) in [4.78, 5) is 28.4. The Bertz CT molecular complexity index is 798. The average Bonchev–Trinajstić information content (AvgIpc) is 2.88. The number of likely N-dealkylation sites (tertiary alicyclic amines) is 1. The molecule has 6 nitrogen and oxygen atoms in total. The molecule has 0 aromatic heterocycles. The van der Waals surface area contributed by atoms with Crippen molar-refractivity contribution in [2.75, 3.05) is 19.7 Å². The van der Waals surface area contributed by atoms with Gasteiger partial charge in [-0.05, 0) is 44.7 Å². The Morgan fingerprint density at radius 3 is 2.43 bits per heavy atom. The van der Waals surface area contributed by atoms with Gasteiger partial charge in [-0.1, -0.05) is 30.3 Å². The number of benzene rings is 1. The van der Waals surface area contributed by atoms with E-state index in [4.69, 9.17) is 4.74 Å². The molecule has 4 rings (SSSR count). The molecule has 1 saturated carbocycles. The number of rotatable bonds is 3. The molecule has 1 atom stereocenters. The SMILES string of the molecule is CC(C)(C)OC(=O)N1CC2(CC(N3C(=O)C=C(c4ccccc4)C3CO)C2)C1.